The second-order valence-electron chi connectivity index (χ2n) is 8.71. The summed E-state index contributed by atoms with van der Waals surface area (Å²) in [6, 6.07) is 26.7. The Morgan fingerprint density at radius 2 is 1.71 bits per heavy atom. The number of fused-ring (bicyclic) bond motifs is 1. The first-order valence-electron chi connectivity index (χ1n) is 11.8. The molecule has 1 aromatic heterocycles. The van der Waals surface area contributed by atoms with Crippen LogP contribution in [0.4, 0.5) is 0 Å². The summed E-state index contributed by atoms with van der Waals surface area (Å²) in [7, 11) is 1.66. The number of aromatic nitrogens is 1. The fourth-order valence-electron chi connectivity index (χ4n) is 4.77. The number of ether oxygens (including phenoxy) is 1. The van der Waals surface area contributed by atoms with Gasteiger partial charge in [0.25, 0.3) is 11.8 Å². The number of benzene rings is 3. The van der Waals surface area contributed by atoms with Crippen molar-refractivity contribution < 1.29 is 15.8 Å². The molecule has 1 fully saturated rings. The number of nitrogens with one attached hydrogen (secondary N) is 1. The molecule has 2 atom stereocenters. The lowest BCUT2D eigenvalue weighted by Crippen LogP contribution is -2.43. The van der Waals surface area contributed by atoms with E-state index in [1.807, 2.05) is 83.8 Å². The Morgan fingerprint density at radius 1 is 0.971 bits per heavy atom. The third-order valence-corrected chi connectivity index (χ3v) is 6.59. The zero-order valence-electron chi connectivity index (χ0n) is 19.6. The molecule has 4 aromatic rings. The molecule has 1 aliphatic rings. The summed E-state index contributed by atoms with van der Waals surface area (Å²) in [4.78, 5) is 33.0. The lowest BCUT2D eigenvalue weighted by molar-refractivity contribution is 0.0683. The number of rotatable bonds is 6. The summed E-state index contributed by atoms with van der Waals surface area (Å²) in [5, 5.41) is 3.94. The van der Waals surface area contributed by atoms with E-state index in [0.717, 1.165) is 16.5 Å². The van der Waals surface area contributed by atoms with E-state index in [2.05, 4.69) is 10.3 Å². The molecule has 3 aromatic carbocycles. The van der Waals surface area contributed by atoms with E-state index in [1.54, 1.807) is 19.4 Å². The van der Waals surface area contributed by atoms with Crippen LogP contribution in [0.5, 0.6) is 0 Å². The molecular weight excluding hydrogens is 438 g/mol. The standard InChI is InChI=1S/C29H27N3O3.H2/c1-35-23-17-22(18-31-28(33)26-15-7-11-21-12-8-16-30-27(21)26)32(19-23)29(34)25-14-6-5-13-24(25)20-9-3-2-4-10-20;/h2-16,22-23H,17-19H2,1H3,(H,31,33);1H/t22-,23-;/m0./s1. The van der Waals surface area contributed by atoms with Gasteiger partial charge in [-0.15, -0.1) is 0 Å². The van der Waals surface area contributed by atoms with Crippen LogP contribution >= 0.6 is 0 Å². The molecule has 178 valence electrons. The topological polar surface area (TPSA) is 71.5 Å². The van der Waals surface area contributed by atoms with Crippen molar-refractivity contribution in [1.82, 2.24) is 15.2 Å². The van der Waals surface area contributed by atoms with Crippen LogP contribution in [0.1, 0.15) is 28.6 Å². The van der Waals surface area contributed by atoms with Gasteiger partial charge in [0.15, 0.2) is 0 Å². The van der Waals surface area contributed by atoms with Gasteiger partial charge in [-0.05, 0) is 35.7 Å². The summed E-state index contributed by atoms with van der Waals surface area (Å²) < 4.78 is 5.61. The van der Waals surface area contributed by atoms with Crippen LogP contribution in [-0.2, 0) is 4.74 Å². The van der Waals surface area contributed by atoms with Gasteiger partial charge in [0.1, 0.15) is 0 Å². The number of carbonyl (C=O) groups is 2. The molecule has 1 aliphatic heterocycles. The van der Waals surface area contributed by atoms with E-state index < -0.39 is 0 Å². The van der Waals surface area contributed by atoms with Gasteiger partial charge in [-0.25, -0.2) is 0 Å². The molecule has 2 heterocycles. The van der Waals surface area contributed by atoms with Gasteiger partial charge in [-0.1, -0.05) is 66.7 Å². The normalized spacial score (nSPS) is 17.5. The van der Waals surface area contributed by atoms with Crippen molar-refractivity contribution in [3.63, 3.8) is 0 Å². The average molecular weight is 468 g/mol. The lowest BCUT2D eigenvalue weighted by atomic mass is 9.98. The molecule has 0 saturated carbocycles. The fraction of sp³-hybridized carbons (Fsp3) is 0.207. The predicted molar refractivity (Wildman–Crippen MR) is 138 cm³/mol. The highest BCUT2D eigenvalue weighted by molar-refractivity contribution is 6.05. The summed E-state index contributed by atoms with van der Waals surface area (Å²) >= 11 is 0. The number of hydrogen-bond donors (Lipinski definition) is 1. The zero-order chi connectivity index (χ0) is 24.2. The maximum Gasteiger partial charge on any atom is 0.254 e. The molecule has 0 unspecified atom stereocenters. The van der Waals surface area contributed by atoms with E-state index in [0.29, 0.717) is 36.2 Å². The number of amides is 2. The molecule has 0 spiro atoms. The quantitative estimate of drug-likeness (QED) is 0.442. The maximum absolute atomic E-state index is 13.8. The smallest absolute Gasteiger partial charge is 0.254 e. The Hall–Kier alpha value is -4.03. The first kappa shape index (κ1) is 22.7. The SMILES string of the molecule is CO[C@H]1C[C@@H](CNC(=O)c2cccc3cccnc23)N(C(=O)c2ccccc2-c2ccccc2)C1.[HH]. The van der Waals surface area contributed by atoms with E-state index in [9.17, 15) is 9.59 Å². The Labute approximate surface area is 206 Å². The summed E-state index contributed by atoms with van der Waals surface area (Å²) in [6.45, 7) is 0.815. The third kappa shape index (κ3) is 4.66. The minimum Gasteiger partial charge on any atom is -0.380 e. The molecule has 2 amide bonds. The van der Waals surface area contributed by atoms with Crippen molar-refractivity contribution in [3.05, 3.63) is 102 Å². The van der Waals surface area contributed by atoms with E-state index in [4.69, 9.17) is 4.74 Å². The number of nitrogens with zero attached hydrogens (tertiary/aromatic N) is 2. The molecule has 0 aliphatic carbocycles. The first-order chi connectivity index (χ1) is 17.2. The van der Waals surface area contributed by atoms with Gasteiger partial charge in [0.05, 0.1) is 23.2 Å². The summed E-state index contributed by atoms with van der Waals surface area (Å²) in [5.41, 5.74) is 3.72. The monoisotopic (exact) mass is 467 g/mol. The molecule has 0 radical (unpaired) electrons. The third-order valence-electron chi connectivity index (χ3n) is 6.59. The van der Waals surface area contributed by atoms with Crippen LogP contribution in [0.25, 0.3) is 22.0 Å². The highest BCUT2D eigenvalue weighted by atomic mass is 16.5. The van der Waals surface area contributed by atoms with Crippen LogP contribution in [0, 0.1) is 0 Å². The second kappa shape index (κ2) is 10.1. The van der Waals surface area contributed by atoms with Crippen molar-refractivity contribution in [2.45, 2.75) is 18.6 Å². The Bertz CT molecular complexity index is 1360. The van der Waals surface area contributed by atoms with Crippen LogP contribution in [0.2, 0.25) is 0 Å². The fourth-order valence-corrected chi connectivity index (χ4v) is 4.77. The number of carbonyl (C=O) groups excluding carboxylic acids is 2. The summed E-state index contributed by atoms with van der Waals surface area (Å²) in [5.74, 6) is -0.262. The van der Waals surface area contributed by atoms with Crippen LogP contribution in [0.15, 0.2) is 91.1 Å². The minimum absolute atomic E-state index is 0. The molecule has 1 saturated heterocycles. The van der Waals surface area contributed by atoms with Crippen LogP contribution in [0.3, 0.4) is 0 Å². The van der Waals surface area contributed by atoms with Gasteiger partial charge in [0, 0.05) is 38.8 Å². The van der Waals surface area contributed by atoms with Gasteiger partial charge in [-0.2, -0.15) is 0 Å². The van der Waals surface area contributed by atoms with Crippen LogP contribution < -0.4 is 5.32 Å². The van der Waals surface area contributed by atoms with Gasteiger partial charge >= 0.3 is 0 Å². The van der Waals surface area contributed by atoms with Gasteiger partial charge in [0.2, 0.25) is 0 Å². The highest BCUT2D eigenvalue weighted by Crippen LogP contribution is 2.28. The molecular formula is C29H29N3O3. The molecule has 1 N–H and O–H groups in total. The van der Waals surface area contributed by atoms with E-state index in [1.165, 1.54) is 0 Å². The largest absolute Gasteiger partial charge is 0.380 e. The van der Waals surface area contributed by atoms with Gasteiger partial charge in [-0.3, -0.25) is 14.6 Å². The number of methoxy groups -OCH3 is 1. The lowest BCUT2D eigenvalue weighted by Gasteiger charge is -2.26. The Balaban J connectivity index is 0.00000304. The van der Waals surface area contributed by atoms with Crippen molar-refractivity contribution in [2.24, 2.45) is 0 Å². The predicted octanol–water partition coefficient (Wildman–Crippen LogP) is 4.81. The van der Waals surface area contributed by atoms with Crippen LogP contribution in [-0.4, -0.2) is 54.0 Å². The van der Waals surface area contributed by atoms with Gasteiger partial charge < -0.3 is 15.0 Å². The number of para-hydroxylation sites is 1. The maximum atomic E-state index is 13.8. The Morgan fingerprint density at radius 3 is 2.54 bits per heavy atom. The highest BCUT2D eigenvalue weighted by Gasteiger charge is 2.36. The molecule has 6 heteroatoms. The first-order valence-corrected chi connectivity index (χ1v) is 11.8. The second-order valence-corrected chi connectivity index (χ2v) is 8.71. The minimum atomic E-state index is -0.202. The zero-order valence-corrected chi connectivity index (χ0v) is 19.6. The van der Waals surface area contributed by atoms with Crippen molar-refractivity contribution in [2.75, 3.05) is 20.2 Å². The van der Waals surface area contributed by atoms with E-state index in [-0.39, 0.29) is 25.4 Å². The van der Waals surface area contributed by atoms with Crippen molar-refractivity contribution >= 4 is 22.7 Å². The Kier molecular flexibility index (Phi) is 6.55. The molecule has 6 nitrogen and oxygen atoms in total. The molecule has 0 bridgehead atoms. The number of pyridine rings is 1. The van der Waals surface area contributed by atoms with E-state index >= 15 is 0 Å². The number of likely N-dealkylation sites (tertiary alicyclic amines) is 1. The average Bonchev–Trinajstić information content (AvgIpc) is 3.35. The summed E-state index contributed by atoms with van der Waals surface area (Å²) in [6.07, 6.45) is 2.26. The van der Waals surface area contributed by atoms with Crippen molar-refractivity contribution in [3.8, 4) is 11.1 Å². The molecule has 35 heavy (non-hydrogen) atoms. The van der Waals surface area contributed by atoms with Crippen molar-refractivity contribution in [1.29, 1.82) is 0 Å². The number of hydrogen-bond acceptors (Lipinski definition) is 4. The molecule has 5 rings (SSSR count).